The lowest BCUT2D eigenvalue weighted by Crippen LogP contribution is -1.98. The predicted molar refractivity (Wildman–Crippen MR) is 57.0 cm³/mol. The minimum atomic E-state index is -0.0649. The molecular weight excluding hydrogens is 176 g/mol. The molecule has 0 saturated heterocycles. The van der Waals surface area contributed by atoms with Crippen molar-refractivity contribution in [2.24, 2.45) is 4.99 Å². The fourth-order valence-electron chi connectivity index (χ4n) is 1.46. The van der Waals surface area contributed by atoms with Gasteiger partial charge < -0.3 is 4.98 Å². The summed E-state index contributed by atoms with van der Waals surface area (Å²) in [6.45, 7) is 0. The number of benzene rings is 1. The highest BCUT2D eigenvalue weighted by atomic mass is 16.1. The normalized spacial score (nSPS) is 11.2. The number of aliphatic imine (C=N–C) groups is 1. The van der Waals surface area contributed by atoms with Crippen LogP contribution in [0.15, 0.2) is 35.5 Å². The van der Waals surface area contributed by atoms with Crippen LogP contribution in [-0.4, -0.2) is 24.0 Å². The van der Waals surface area contributed by atoms with Gasteiger partial charge >= 0.3 is 0 Å². The number of hydrogen-bond donors (Lipinski definition) is 1. The number of carbonyl (C=O) groups excluding carboxylic acids is 1. The molecule has 2 rings (SSSR count). The maximum Gasteiger partial charge on any atom is 0.205 e. The number of nitrogens with one attached hydrogen (secondary N) is 1. The molecule has 0 bridgehead atoms. The Kier molecular flexibility index (Phi) is 2.14. The summed E-state index contributed by atoms with van der Waals surface area (Å²) in [7, 11) is 1.59. The molecule has 1 aromatic carbocycles. The van der Waals surface area contributed by atoms with Crippen molar-refractivity contribution in [1.82, 2.24) is 4.98 Å². The van der Waals surface area contributed by atoms with Crippen LogP contribution in [0.3, 0.4) is 0 Å². The Morgan fingerprint density at radius 2 is 2.21 bits per heavy atom. The van der Waals surface area contributed by atoms with Gasteiger partial charge in [-0.2, -0.15) is 0 Å². The molecule has 1 heterocycles. The second kappa shape index (κ2) is 3.46. The second-order valence-electron chi connectivity index (χ2n) is 3.00. The fourth-order valence-corrected chi connectivity index (χ4v) is 1.46. The van der Waals surface area contributed by atoms with Gasteiger partial charge in [-0.05, 0) is 6.07 Å². The molecule has 14 heavy (non-hydrogen) atoms. The van der Waals surface area contributed by atoms with E-state index in [0.29, 0.717) is 5.56 Å². The molecule has 2 aromatic rings. The predicted octanol–water partition coefficient (Wildman–Crippen LogP) is 2.05. The summed E-state index contributed by atoms with van der Waals surface area (Å²) in [4.78, 5) is 18.3. The Morgan fingerprint density at radius 1 is 1.43 bits per heavy atom. The highest BCUT2D eigenvalue weighted by molar-refractivity contribution is 6.38. The molecule has 70 valence electrons. The van der Waals surface area contributed by atoms with Gasteiger partial charge in [0.2, 0.25) is 5.78 Å². The lowest BCUT2D eigenvalue weighted by molar-refractivity contribution is 0.107. The number of fused-ring (bicyclic) bond motifs is 1. The first-order chi connectivity index (χ1) is 6.83. The van der Waals surface area contributed by atoms with Gasteiger partial charge in [-0.25, -0.2) is 0 Å². The van der Waals surface area contributed by atoms with E-state index < -0.39 is 0 Å². The van der Waals surface area contributed by atoms with Crippen molar-refractivity contribution in [3.8, 4) is 0 Å². The number of aromatic nitrogens is 1. The number of para-hydroxylation sites is 1. The average molecular weight is 186 g/mol. The van der Waals surface area contributed by atoms with E-state index in [1.165, 1.54) is 6.21 Å². The minimum Gasteiger partial charge on any atom is -0.360 e. The fraction of sp³-hybridized carbons (Fsp3) is 0.0909. The van der Waals surface area contributed by atoms with Crippen molar-refractivity contribution in [1.29, 1.82) is 0 Å². The Hall–Kier alpha value is -1.90. The number of nitrogens with zero attached hydrogens (tertiary/aromatic N) is 1. The summed E-state index contributed by atoms with van der Waals surface area (Å²) in [5.74, 6) is -0.0649. The van der Waals surface area contributed by atoms with E-state index >= 15 is 0 Å². The second-order valence-corrected chi connectivity index (χ2v) is 3.00. The van der Waals surface area contributed by atoms with Gasteiger partial charge in [0.05, 0.1) is 6.21 Å². The molecule has 0 amide bonds. The molecule has 0 aliphatic rings. The summed E-state index contributed by atoms with van der Waals surface area (Å²) >= 11 is 0. The number of carbonyl (C=O) groups is 1. The van der Waals surface area contributed by atoms with Crippen LogP contribution in [0.5, 0.6) is 0 Å². The molecule has 0 aliphatic carbocycles. The molecular formula is C11H10N2O. The van der Waals surface area contributed by atoms with Crippen LogP contribution in [0, 0.1) is 0 Å². The van der Waals surface area contributed by atoms with Crippen LogP contribution in [-0.2, 0) is 0 Å². The smallest absolute Gasteiger partial charge is 0.205 e. The Labute approximate surface area is 81.5 Å². The molecule has 0 spiro atoms. The lowest BCUT2D eigenvalue weighted by atomic mass is 10.1. The van der Waals surface area contributed by atoms with E-state index in [-0.39, 0.29) is 5.78 Å². The third-order valence-electron chi connectivity index (χ3n) is 2.10. The number of aromatic amines is 1. The van der Waals surface area contributed by atoms with E-state index in [2.05, 4.69) is 9.98 Å². The van der Waals surface area contributed by atoms with Crippen LogP contribution >= 0.6 is 0 Å². The van der Waals surface area contributed by atoms with E-state index in [4.69, 9.17) is 0 Å². The molecule has 1 aromatic heterocycles. The summed E-state index contributed by atoms with van der Waals surface area (Å²) in [5.41, 5.74) is 1.64. The van der Waals surface area contributed by atoms with Crippen LogP contribution < -0.4 is 0 Å². The molecule has 0 atom stereocenters. The van der Waals surface area contributed by atoms with Crippen LogP contribution in [0.1, 0.15) is 10.4 Å². The van der Waals surface area contributed by atoms with E-state index in [9.17, 15) is 4.79 Å². The zero-order valence-corrected chi connectivity index (χ0v) is 7.82. The first kappa shape index (κ1) is 8.69. The average Bonchev–Trinajstić information content (AvgIpc) is 2.61. The first-order valence-corrected chi connectivity index (χ1v) is 4.35. The SMILES string of the molecule is C/N=C\C(=O)c1c[nH]c2ccccc12. The highest BCUT2D eigenvalue weighted by Crippen LogP contribution is 2.17. The number of rotatable bonds is 2. The largest absolute Gasteiger partial charge is 0.360 e. The third-order valence-corrected chi connectivity index (χ3v) is 2.10. The monoisotopic (exact) mass is 186 g/mol. The summed E-state index contributed by atoms with van der Waals surface area (Å²) < 4.78 is 0. The van der Waals surface area contributed by atoms with Crippen molar-refractivity contribution in [2.45, 2.75) is 0 Å². The first-order valence-electron chi connectivity index (χ1n) is 4.35. The topological polar surface area (TPSA) is 45.2 Å². The minimum absolute atomic E-state index is 0.0649. The Bertz CT molecular complexity index is 497. The molecule has 0 unspecified atom stereocenters. The molecule has 0 aliphatic heterocycles. The van der Waals surface area contributed by atoms with Crippen molar-refractivity contribution in [3.05, 3.63) is 36.0 Å². The van der Waals surface area contributed by atoms with Gasteiger partial charge in [-0.15, -0.1) is 0 Å². The molecule has 3 heteroatoms. The molecule has 1 N–H and O–H groups in total. The third kappa shape index (κ3) is 1.33. The maximum atomic E-state index is 11.6. The number of ketones is 1. The Balaban J connectivity index is 2.58. The van der Waals surface area contributed by atoms with Crippen LogP contribution in [0.4, 0.5) is 0 Å². The zero-order valence-electron chi connectivity index (χ0n) is 7.82. The van der Waals surface area contributed by atoms with Crippen LogP contribution in [0.25, 0.3) is 10.9 Å². The summed E-state index contributed by atoms with van der Waals surface area (Å²) in [6.07, 6.45) is 3.05. The van der Waals surface area contributed by atoms with Gasteiger partial charge in [0.1, 0.15) is 0 Å². The van der Waals surface area contributed by atoms with Crippen molar-refractivity contribution in [2.75, 3.05) is 7.05 Å². The summed E-state index contributed by atoms with van der Waals surface area (Å²) in [5, 5.41) is 0.942. The number of H-pyrrole nitrogens is 1. The standard InChI is InChI=1S/C11H10N2O/c1-12-7-11(14)9-6-13-10-5-3-2-4-8(9)10/h2-7,13H,1H3/b12-7-. The zero-order chi connectivity index (χ0) is 9.97. The van der Waals surface area contributed by atoms with Crippen molar-refractivity contribution in [3.63, 3.8) is 0 Å². The summed E-state index contributed by atoms with van der Waals surface area (Å²) in [6, 6.07) is 7.70. The van der Waals surface area contributed by atoms with Gasteiger partial charge in [0, 0.05) is 29.7 Å². The highest BCUT2D eigenvalue weighted by Gasteiger charge is 2.08. The maximum absolute atomic E-state index is 11.6. The van der Waals surface area contributed by atoms with Crippen LogP contribution in [0.2, 0.25) is 0 Å². The van der Waals surface area contributed by atoms with E-state index in [1.54, 1.807) is 13.2 Å². The molecule has 3 nitrogen and oxygen atoms in total. The van der Waals surface area contributed by atoms with Gasteiger partial charge in [0.25, 0.3) is 0 Å². The number of hydrogen-bond acceptors (Lipinski definition) is 2. The van der Waals surface area contributed by atoms with Crippen molar-refractivity contribution >= 4 is 22.9 Å². The molecule has 0 saturated carbocycles. The lowest BCUT2D eigenvalue weighted by Gasteiger charge is -1.91. The quantitative estimate of drug-likeness (QED) is 0.566. The number of Topliss-reactive ketones (excluding diaryl/α,β-unsaturated/α-hetero) is 1. The van der Waals surface area contributed by atoms with E-state index in [1.807, 2.05) is 24.3 Å². The van der Waals surface area contributed by atoms with Gasteiger partial charge in [-0.3, -0.25) is 9.79 Å². The Morgan fingerprint density at radius 3 is 3.00 bits per heavy atom. The van der Waals surface area contributed by atoms with E-state index in [0.717, 1.165) is 10.9 Å². The van der Waals surface area contributed by atoms with Crippen molar-refractivity contribution < 1.29 is 4.79 Å². The van der Waals surface area contributed by atoms with Gasteiger partial charge in [-0.1, -0.05) is 18.2 Å². The van der Waals surface area contributed by atoms with Gasteiger partial charge in [0.15, 0.2) is 0 Å². The molecule has 0 fully saturated rings. The molecule has 0 radical (unpaired) electrons.